The van der Waals surface area contributed by atoms with Crippen LogP contribution in [0.5, 0.6) is 0 Å². The van der Waals surface area contributed by atoms with Gasteiger partial charge in [-0.3, -0.25) is 9.69 Å². The van der Waals surface area contributed by atoms with Crippen molar-refractivity contribution in [2.24, 2.45) is 0 Å². The van der Waals surface area contributed by atoms with Crippen molar-refractivity contribution in [1.82, 2.24) is 4.90 Å². The first-order valence-electron chi connectivity index (χ1n) is 12.7. The maximum atomic E-state index is 11.9. The highest BCUT2D eigenvalue weighted by Crippen LogP contribution is 2.13. The molecule has 0 unspecified atom stereocenters. The van der Waals surface area contributed by atoms with E-state index >= 15 is 0 Å². The van der Waals surface area contributed by atoms with E-state index < -0.39 is 0 Å². The summed E-state index contributed by atoms with van der Waals surface area (Å²) >= 11 is 0. The standard InChI is InChI=1S/C28H47NO2/c1-4-6-7-8-9-10-11-12-13-14-15-16-17-18-28(30)31-24-23-29(3)25-27-21-19-26(5-2)20-22-27/h5,19-22H,2,4,6-18,23-25H2,1,3H3. The molecule has 1 aromatic rings. The molecule has 0 aliphatic carbocycles. The smallest absolute Gasteiger partial charge is 0.305 e. The quantitative estimate of drug-likeness (QED) is 0.156. The molecule has 3 heteroatoms. The molecule has 1 aromatic carbocycles. The Kier molecular flexibility index (Phi) is 16.9. The van der Waals surface area contributed by atoms with Crippen LogP contribution in [-0.2, 0) is 16.1 Å². The van der Waals surface area contributed by atoms with Crippen molar-refractivity contribution in [2.45, 2.75) is 103 Å². The number of carbonyl (C=O) groups excluding carboxylic acids is 1. The normalized spacial score (nSPS) is 11.1. The van der Waals surface area contributed by atoms with E-state index in [1.807, 2.05) is 6.08 Å². The molecule has 0 N–H and O–H groups in total. The van der Waals surface area contributed by atoms with Crippen molar-refractivity contribution in [2.75, 3.05) is 20.2 Å². The van der Waals surface area contributed by atoms with E-state index in [0.29, 0.717) is 13.0 Å². The van der Waals surface area contributed by atoms with E-state index in [9.17, 15) is 4.79 Å². The number of rotatable bonds is 20. The maximum absolute atomic E-state index is 11.9. The van der Waals surface area contributed by atoms with Crippen LogP contribution < -0.4 is 0 Å². The van der Waals surface area contributed by atoms with Gasteiger partial charge in [-0.25, -0.2) is 0 Å². The summed E-state index contributed by atoms with van der Waals surface area (Å²) < 4.78 is 5.40. The molecule has 0 fully saturated rings. The van der Waals surface area contributed by atoms with Crippen LogP contribution in [0.2, 0.25) is 0 Å². The number of ether oxygens (including phenoxy) is 1. The number of carbonyl (C=O) groups is 1. The molecule has 1 rings (SSSR count). The molecule has 0 aliphatic rings. The third-order valence-electron chi connectivity index (χ3n) is 5.89. The molecule has 176 valence electrons. The number of likely N-dealkylation sites (N-methyl/N-ethyl adjacent to an activating group) is 1. The number of esters is 1. The molecule has 0 saturated heterocycles. The summed E-state index contributed by atoms with van der Waals surface area (Å²) in [6, 6.07) is 8.39. The third kappa shape index (κ3) is 15.8. The average molecular weight is 430 g/mol. The van der Waals surface area contributed by atoms with Gasteiger partial charge in [-0.15, -0.1) is 0 Å². The predicted octanol–water partition coefficient (Wildman–Crippen LogP) is 7.79. The Morgan fingerprint density at radius 2 is 1.39 bits per heavy atom. The van der Waals surface area contributed by atoms with Crippen LogP contribution >= 0.6 is 0 Å². The Morgan fingerprint density at radius 1 is 0.871 bits per heavy atom. The van der Waals surface area contributed by atoms with Gasteiger partial charge in [0.15, 0.2) is 0 Å². The predicted molar refractivity (Wildman–Crippen MR) is 134 cm³/mol. The molecule has 0 amide bonds. The van der Waals surface area contributed by atoms with Crippen LogP contribution in [0.1, 0.15) is 108 Å². The minimum absolute atomic E-state index is 0.0493. The van der Waals surface area contributed by atoms with Gasteiger partial charge in [0.1, 0.15) is 6.61 Å². The highest BCUT2D eigenvalue weighted by molar-refractivity contribution is 5.69. The third-order valence-corrected chi connectivity index (χ3v) is 5.89. The maximum Gasteiger partial charge on any atom is 0.305 e. The number of unbranched alkanes of at least 4 members (excludes halogenated alkanes) is 12. The van der Waals surface area contributed by atoms with Crippen molar-refractivity contribution in [3.63, 3.8) is 0 Å². The number of nitrogens with zero attached hydrogens (tertiary/aromatic N) is 1. The van der Waals surface area contributed by atoms with Crippen LogP contribution in [0.15, 0.2) is 30.8 Å². The number of hydrogen-bond acceptors (Lipinski definition) is 3. The topological polar surface area (TPSA) is 29.5 Å². The van der Waals surface area contributed by atoms with Gasteiger partial charge in [-0.2, -0.15) is 0 Å². The lowest BCUT2D eigenvalue weighted by Gasteiger charge is -2.16. The summed E-state index contributed by atoms with van der Waals surface area (Å²) in [4.78, 5) is 14.1. The highest BCUT2D eigenvalue weighted by atomic mass is 16.5. The molecule has 3 nitrogen and oxygen atoms in total. The van der Waals surface area contributed by atoms with Gasteiger partial charge in [0, 0.05) is 19.5 Å². The monoisotopic (exact) mass is 429 g/mol. The SMILES string of the molecule is C=Cc1ccc(CN(C)CCOC(=O)CCCCCCCCCCCCCCC)cc1. The van der Waals surface area contributed by atoms with Gasteiger partial charge in [-0.1, -0.05) is 121 Å². The lowest BCUT2D eigenvalue weighted by molar-refractivity contribution is -0.144. The summed E-state index contributed by atoms with van der Waals surface area (Å²) in [7, 11) is 2.06. The molecular weight excluding hydrogens is 382 g/mol. The Morgan fingerprint density at radius 3 is 1.90 bits per heavy atom. The van der Waals surface area contributed by atoms with Gasteiger partial charge >= 0.3 is 5.97 Å². The summed E-state index contributed by atoms with van der Waals surface area (Å²) in [5.41, 5.74) is 2.39. The number of hydrogen-bond donors (Lipinski definition) is 0. The average Bonchev–Trinajstić information content (AvgIpc) is 2.77. The zero-order chi connectivity index (χ0) is 22.6. The first-order chi connectivity index (χ1) is 15.2. The minimum Gasteiger partial charge on any atom is -0.464 e. The van der Waals surface area contributed by atoms with Crippen LogP contribution in [0.3, 0.4) is 0 Å². The van der Waals surface area contributed by atoms with E-state index in [1.165, 1.54) is 76.2 Å². The molecule has 0 atom stereocenters. The molecule has 0 radical (unpaired) electrons. The highest BCUT2D eigenvalue weighted by Gasteiger charge is 2.05. The van der Waals surface area contributed by atoms with Crippen LogP contribution in [-0.4, -0.2) is 31.1 Å². The Bertz CT molecular complexity index is 567. The van der Waals surface area contributed by atoms with Gasteiger partial charge < -0.3 is 4.74 Å². The molecule has 0 saturated carbocycles. The second-order valence-corrected chi connectivity index (χ2v) is 8.90. The Hall–Kier alpha value is -1.61. The van der Waals surface area contributed by atoms with E-state index in [2.05, 4.69) is 49.7 Å². The largest absolute Gasteiger partial charge is 0.464 e. The van der Waals surface area contributed by atoms with Crippen LogP contribution in [0.4, 0.5) is 0 Å². The molecule has 0 aromatic heterocycles. The summed E-state index contributed by atoms with van der Waals surface area (Å²) in [6.45, 7) is 8.13. The summed E-state index contributed by atoms with van der Waals surface area (Å²) in [5, 5.41) is 0. The van der Waals surface area contributed by atoms with Gasteiger partial charge in [0.05, 0.1) is 0 Å². The lowest BCUT2D eigenvalue weighted by atomic mass is 10.0. The number of benzene rings is 1. The second kappa shape index (κ2) is 19.1. The van der Waals surface area contributed by atoms with E-state index in [1.54, 1.807) is 0 Å². The lowest BCUT2D eigenvalue weighted by Crippen LogP contribution is -2.24. The molecule has 0 aliphatic heterocycles. The second-order valence-electron chi connectivity index (χ2n) is 8.90. The van der Waals surface area contributed by atoms with Gasteiger partial charge in [-0.05, 0) is 24.6 Å². The van der Waals surface area contributed by atoms with E-state index in [0.717, 1.165) is 31.5 Å². The van der Waals surface area contributed by atoms with Gasteiger partial charge in [0.2, 0.25) is 0 Å². The zero-order valence-corrected chi connectivity index (χ0v) is 20.4. The van der Waals surface area contributed by atoms with Crippen LogP contribution in [0, 0.1) is 0 Å². The molecular formula is C28H47NO2. The van der Waals surface area contributed by atoms with Crippen molar-refractivity contribution in [3.05, 3.63) is 42.0 Å². The van der Waals surface area contributed by atoms with E-state index in [4.69, 9.17) is 4.74 Å². The van der Waals surface area contributed by atoms with Crippen molar-refractivity contribution < 1.29 is 9.53 Å². The zero-order valence-electron chi connectivity index (χ0n) is 20.4. The molecule has 31 heavy (non-hydrogen) atoms. The fourth-order valence-electron chi connectivity index (χ4n) is 3.82. The Balaban J connectivity index is 1.89. The fourth-order valence-corrected chi connectivity index (χ4v) is 3.82. The summed E-state index contributed by atoms with van der Waals surface area (Å²) in [6.07, 6.45) is 19.6. The minimum atomic E-state index is -0.0493. The fraction of sp³-hybridized carbons (Fsp3) is 0.679. The van der Waals surface area contributed by atoms with Crippen molar-refractivity contribution in [1.29, 1.82) is 0 Å². The first-order valence-corrected chi connectivity index (χ1v) is 12.7. The Labute approximate surface area is 192 Å². The first kappa shape index (κ1) is 27.4. The van der Waals surface area contributed by atoms with Gasteiger partial charge in [0.25, 0.3) is 0 Å². The summed E-state index contributed by atoms with van der Waals surface area (Å²) in [5.74, 6) is -0.0493. The van der Waals surface area contributed by atoms with Crippen LogP contribution in [0.25, 0.3) is 6.08 Å². The molecule has 0 heterocycles. The van der Waals surface area contributed by atoms with Crippen molar-refractivity contribution in [3.8, 4) is 0 Å². The molecule has 0 bridgehead atoms. The van der Waals surface area contributed by atoms with E-state index in [-0.39, 0.29) is 5.97 Å². The molecule has 0 spiro atoms. The van der Waals surface area contributed by atoms with Crippen molar-refractivity contribution >= 4 is 12.0 Å².